The van der Waals surface area contributed by atoms with Gasteiger partial charge in [0.1, 0.15) is 19.3 Å². The van der Waals surface area contributed by atoms with Crippen LogP contribution in [0.15, 0.2) is 0 Å². The van der Waals surface area contributed by atoms with Crippen LogP contribution in [0.3, 0.4) is 0 Å². The topological polar surface area (TPSA) is 237 Å². The van der Waals surface area contributed by atoms with Gasteiger partial charge in [-0.25, -0.2) is 9.13 Å². The van der Waals surface area contributed by atoms with E-state index < -0.39 is 97.5 Å². The van der Waals surface area contributed by atoms with Crippen molar-refractivity contribution in [3.63, 3.8) is 0 Å². The monoisotopic (exact) mass is 1420 g/mol. The van der Waals surface area contributed by atoms with E-state index in [0.717, 1.165) is 102 Å². The Kier molecular flexibility index (Phi) is 68.4. The van der Waals surface area contributed by atoms with Gasteiger partial charge in [0.2, 0.25) is 0 Å². The molecule has 0 fully saturated rings. The summed E-state index contributed by atoms with van der Waals surface area (Å²) in [7, 11) is -9.91. The maximum absolute atomic E-state index is 13.1. The van der Waals surface area contributed by atoms with Gasteiger partial charge < -0.3 is 33.8 Å². The highest BCUT2D eigenvalue weighted by molar-refractivity contribution is 7.47. The number of carbonyl (C=O) groups excluding carboxylic acids is 4. The number of aliphatic hydroxyl groups is 1. The van der Waals surface area contributed by atoms with Gasteiger partial charge in [-0.05, 0) is 37.5 Å². The summed E-state index contributed by atoms with van der Waals surface area (Å²) in [6.07, 6.45) is 58.3. The molecule has 17 nitrogen and oxygen atoms in total. The summed E-state index contributed by atoms with van der Waals surface area (Å²) in [5.41, 5.74) is 0. The van der Waals surface area contributed by atoms with Crippen LogP contribution in [0.1, 0.15) is 408 Å². The quantitative estimate of drug-likeness (QED) is 0.0222. The van der Waals surface area contributed by atoms with Crippen molar-refractivity contribution in [1.82, 2.24) is 0 Å². The Morgan fingerprint density at radius 1 is 0.278 bits per heavy atom. The van der Waals surface area contributed by atoms with Crippen LogP contribution in [0.2, 0.25) is 0 Å². The van der Waals surface area contributed by atoms with Gasteiger partial charge in [-0.2, -0.15) is 0 Å². The van der Waals surface area contributed by atoms with Crippen molar-refractivity contribution in [3.8, 4) is 0 Å². The molecule has 19 heteroatoms. The van der Waals surface area contributed by atoms with Gasteiger partial charge in [-0.1, -0.05) is 356 Å². The molecule has 0 amide bonds. The van der Waals surface area contributed by atoms with Gasteiger partial charge in [0.05, 0.1) is 26.4 Å². The Hall–Kier alpha value is -1.94. The van der Waals surface area contributed by atoms with Crippen LogP contribution in [-0.2, 0) is 65.4 Å². The summed E-state index contributed by atoms with van der Waals surface area (Å²) in [4.78, 5) is 72.8. The summed E-state index contributed by atoms with van der Waals surface area (Å²) in [6.45, 7) is 9.60. The highest BCUT2D eigenvalue weighted by Gasteiger charge is 2.30. The van der Waals surface area contributed by atoms with E-state index in [4.69, 9.17) is 37.0 Å². The van der Waals surface area contributed by atoms with Crippen LogP contribution in [0, 0.1) is 11.8 Å². The van der Waals surface area contributed by atoms with Crippen molar-refractivity contribution < 1.29 is 80.2 Å². The Balaban J connectivity index is 5.21. The second-order valence-corrected chi connectivity index (χ2v) is 32.0. The fourth-order valence-corrected chi connectivity index (χ4v) is 13.6. The van der Waals surface area contributed by atoms with Crippen molar-refractivity contribution in [1.29, 1.82) is 0 Å². The molecule has 0 aliphatic rings. The Morgan fingerprint density at radius 2 is 0.474 bits per heavy atom. The van der Waals surface area contributed by atoms with Crippen LogP contribution in [0.5, 0.6) is 0 Å². The largest absolute Gasteiger partial charge is 0.472 e. The normalized spacial score (nSPS) is 14.0. The first kappa shape index (κ1) is 95.1. The number of unbranched alkanes of at least 4 members (excludes halogenated alkanes) is 47. The first-order valence-electron chi connectivity index (χ1n) is 40.5. The maximum atomic E-state index is 13.1. The molecule has 2 unspecified atom stereocenters. The maximum Gasteiger partial charge on any atom is 0.472 e. The van der Waals surface area contributed by atoms with Crippen LogP contribution in [0.25, 0.3) is 0 Å². The number of esters is 4. The lowest BCUT2D eigenvalue weighted by Gasteiger charge is -2.21. The first-order chi connectivity index (χ1) is 46.9. The highest BCUT2D eigenvalue weighted by atomic mass is 31.2. The fourth-order valence-electron chi connectivity index (χ4n) is 12.0. The molecule has 0 aromatic rings. The van der Waals surface area contributed by atoms with Gasteiger partial charge in [-0.15, -0.1) is 0 Å². The number of hydrogen-bond donors (Lipinski definition) is 3. The molecule has 3 N–H and O–H groups in total. The van der Waals surface area contributed by atoms with E-state index in [9.17, 15) is 43.2 Å². The number of rotatable bonds is 77. The van der Waals surface area contributed by atoms with Gasteiger partial charge in [0, 0.05) is 25.7 Å². The zero-order valence-electron chi connectivity index (χ0n) is 63.4. The molecule has 0 spiro atoms. The van der Waals surface area contributed by atoms with Crippen molar-refractivity contribution in [3.05, 3.63) is 0 Å². The summed E-state index contributed by atoms with van der Waals surface area (Å²) in [5, 5.41) is 10.6. The Morgan fingerprint density at radius 3 is 0.701 bits per heavy atom. The van der Waals surface area contributed by atoms with E-state index in [2.05, 4.69) is 41.5 Å². The summed E-state index contributed by atoms with van der Waals surface area (Å²) in [6, 6.07) is 0. The molecule has 0 aliphatic heterocycles. The summed E-state index contributed by atoms with van der Waals surface area (Å²) >= 11 is 0. The molecule has 0 saturated heterocycles. The van der Waals surface area contributed by atoms with Crippen molar-refractivity contribution >= 4 is 39.5 Å². The van der Waals surface area contributed by atoms with Gasteiger partial charge >= 0.3 is 39.5 Å². The molecule has 0 aliphatic carbocycles. The molecule has 97 heavy (non-hydrogen) atoms. The number of hydrogen-bond acceptors (Lipinski definition) is 15. The predicted octanol–water partition coefficient (Wildman–Crippen LogP) is 23.1. The molecule has 0 saturated carbocycles. The van der Waals surface area contributed by atoms with E-state index in [1.54, 1.807) is 0 Å². The number of phosphoric acid groups is 2. The van der Waals surface area contributed by atoms with Gasteiger partial charge in [0.15, 0.2) is 12.2 Å². The lowest BCUT2D eigenvalue weighted by Crippen LogP contribution is -2.30. The second kappa shape index (κ2) is 69.8. The second-order valence-electron chi connectivity index (χ2n) is 29.1. The molecule has 0 aromatic carbocycles. The lowest BCUT2D eigenvalue weighted by atomic mass is 10.0. The lowest BCUT2D eigenvalue weighted by molar-refractivity contribution is -0.161. The molecule has 0 aromatic heterocycles. The summed E-state index contributed by atoms with van der Waals surface area (Å²) < 4.78 is 68.6. The molecular formula is C78H152O17P2. The minimum atomic E-state index is -4.96. The molecule has 0 bridgehead atoms. The van der Waals surface area contributed by atoms with Crippen molar-refractivity contribution in [2.24, 2.45) is 11.8 Å². The average molecular weight is 1420 g/mol. The highest BCUT2D eigenvalue weighted by Crippen LogP contribution is 2.45. The predicted molar refractivity (Wildman–Crippen MR) is 395 cm³/mol. The molecule has 576 valence electrons. The number of aliphatic hydroxyl groups excluding tert-OH is 1. The zero-order chi connectivity index (χ0) is 71.4. The Bertz CT molecular complexity index is 1870. The van der Waals surface area contributed by atoms with E-state index in [-0.39, 0.29) is 25.7 Å². The molecular weight excluding hydrogens is 1270 g/mol. The Labute approximate surface area is 594 Å². The van der Waals surface area contributed by atoms with Crippen molar-refractivity contribution in [2.75, 3.05) is 39.6 Å². The van der Waals surface area contributed by atoms with Crippen LogP contribution < -0.4 is 0 Å². The number of carbonyl (C=O) groups is 4. The third kappa shape index (κ3) is 72.2. The van der Waals surface area contributed by atoms with Crippen molar-refractivity contribution in [2.45, 2.75) is 426 Å². The van der Waals surface area contributed by atoms with Gasteiger partial charge in [-0.3, -0.25) is 37.3 Å². The molecule has 0 rings (SSSR count). The minimum absolute atomic E-state index is 0.106. The van der Waals surface area contributed by atoms with Crippen LogP contribution >= 0.6 is 15.6 Å². The SMILES string of the molecule is CCCCCCCCCCCCCCCCCCCCCCC(=O)O[C@H](COC(=O)CCCCCCCCCCCCCCC(C)C)COP(=O)(O)OC[C@@H](O)COP(=O)(O)OC[C@@H](COC(=O)CCCCCCCCCCC)OC(=O)CCCCCCCCCCCCC(C)C. The number of ether oxygens (including phenoxy) is 4. The van der Waals surface area contributed by atoms with Crippen LogP contribution in [-0.4, -0.2) is 96.7 Å². The standard InChI is InChI=1S/C78H152O17P2/c1-7-9-11-13-15-17-18-19-20-21-22-23-24-25-26-31-38-44-50-56-62-77(82)94-74(67-89-76(81)61-55-49-43-37-30-28-27-29-35-40-46-52-58-70(3)4)69-93-97(86,87)91-65-72(79)64-90-96(84,85)92-68-73(66-88-75(80)60-54-48-42-34-16-14-12-10-8-2)95-78(83)63-57-51-45-39-33-32-36-41-47-53-59-71(5)6/h70-74,79H,7-69H2,1-6H3,(H,84,85)(H,86,87)/t72-,73+,74+/m0/s1. The number of phosphoric ester groups is 2. The van der Waals surface area contributed by atoms with E-state index >= 15 is 0 Å². The smallest absolute Gasteiger partial charge is 0.462 e. The van der Waals surface area contributed by atoms with E-state index in [1.807, 2.05) is 0 Å². The first-order valence-corrected chi connectivity index (χ1v) is 43.5. The van der Waals surface area contributed by atoms with E-state index in [0.29, 0.717) is 25.7 Å². The fraction of sp³-hybridized carbons (Fsp3) is 0.949. The minimum Gasteiger partial charge on any atom is -0.462 e. The average Bonchev–Trinajstić information content (AvgIpc) is 1.04. The summed E-state index contributed by atoms with van der Waals surface area (Å²) in [5.74, 6) is -0.580. The zero-order valence-corrected chi connectivity index (χ0v) is 65.2. The van der Waals surface area contributed by atoms with E-state index in [1.165, 1.54) is 225 Å². The third-order valence-electron chi connectivity index (χ3n) is 18.2. The molecule has 0 radical (unpaired) electrons. The molecule has 5 atom stereocenters. The third-order valence-corrected chi connectivity index (χ3v) is 20.1. The van der Waals surface area contributed by atoms with Crippen LogP contribution in [0.4, 0.5) is 0 Å². The van der Waals surface area contributed by atoms with Gasteiger partial charge in [0.25, 0.3) is 0 Å². The molecule has 0 heterocycles.